The highest BCUT2D eigenvalue weighted by atomic mass is 16.5. The lowest BCUT2D eigenvalue weighted by molar-refractivity contribution is -0.115. The van der Waals surface area contributed by atoms with E-state index in [9.17, 15) is 4.79 Å². The molecule has 0 radical (unpaired) electrons. The van der Waals surface area contributed by atoms with Gasteiger partial charge in [0.1, 0.15) is 0 Å². The number of fused-ring (bicyclic) bond motifs is 1. The largest absolute Gasteiger partial charge is 0.361 e. The van der Waals surface area contributed by atoms with Gasteiger partial charge in [0.2, 0.25) is 5.91 Å². The van der Waals surface area contributed by atoms with Crippen molar-refractivity contribution in [2.75, 3.05) is 5.32 Å². The fourth-order valence-electron chi connectivity index (χ4n) is 2.77. The Kier molecular flexibility index (Phi) is 3.78. The van der Waals surface area contributed by atoms with Crippen LogP contribution in [0.5, 0.6) is 0 Å². The number of hydrogen-bond donors (Lipinski definition) is 2. The van der Waals surface area contributed by atoms with Gasteiger partial charge in [-0.3, -0.25) is 4.79 Å². The molecule has 0 aliphatic carbocycles. The standard InChI is InChI=1S/C19H16N4O2/c1-12-21-19(25-23-12)13-6-8-15(9-7-13)22-18(24)10-14-11-20-17-5-3-2-4-16(14)17/h2-9,11,20H,10H2,1H3,(H,22,24). The Morgan fingerprint density at radius 1 is 1.16 bits per heavy atom. The average molecular weight is 332 g/mol. The van der Waals surface area contributed by atoms with Gasteiger partial charge in [0.05, 0.1) is 6.42 Å². The van der Waals surface area contributed by atoms with Gasteiger partial charge >= 0.3 is 0 Å². The van der Waals surface area contributed by atoms with Gasteiger partial charge in [-0.05, 0) is 42.8 Å². The van der Waals surface area contributed by atoms with Crippen molar-refractivity contribution in [3.8, 4) is 11.5 Å². The predicted molar refractivity (Wildman–Crippen MR) is 95.1 cm³/mol. The summed E-state index contributed by atoms with van der Waals surface area (Å²) < 4.78 is 5.13. The van der Waals surface area contributed by atoms with Crippen molar-refractivity contribution in [1.82, 2.24) is 15.1 Å². The number of hydrogen-bond acceptors (Lipinski definition) is 4. The molecule has 6 nitrogen and oxygen atoms in total. The Hall–Kier alpha value is -3.41. The Morgan fingerprint density at radius 2 is 1.96 bits per heavy atom. The number of aryl methyl sites for hydroxylation is 1. The van der Waals surface area contributed by atoms with Crippen LogP contribution in [0.2, 0.25) is 0 Å². The molecule has 0 saturated carbocycles. The predicted octanol–water partition coefficient (Wildman–Crippen LogP) is 3.71. The second kappa shape index (κ2) is 6.24. The minimum atomic E-state index is -0.0638. The molecule has 2 aromatic carbocycles. The second-order valence-corrected chi connectivity index (χ2v) is 5.81. The quantitative estimate of drug-likeness (QED) is 0.597. The summed E-state index contributed by atoms with van der Waals surface area (Å²) in [4.78, 5) is 19.7. The van der Waals surface area contributed by atoms with Crippen molar-refractivity contribution in [2.24, 2.45) is 0 Å². The van der Waals surface area contributed by atoms with Crippen LogP contribution < -0.4 is 5.32 Å². The normalized spacial score (nSPS) is 10.9. The fraction of sp³-hybridized carbons (Fsp3) is 0.105. The zero-order valence-corrected chi connectivity index (χ0v) is 13.6. The lowest BCUT2D eigenvalue weighted by atomic mass is 10.1. The number of carbonyl (C=O) groups is 1. The van der Waals surface area contributed by atoms with Crippen molar-refractivity contribution in [3.63, 3.8) is 0 Å². The van der Waals surface area contributed by atoms with Gasteiger partial charge < -0.3 is 14.8 Å². The third-order valence-corrected chi connectivity index (χ3v) is 3.97. The minimum Gasteiger partial charge on any atom is -0.361 e. The van der Waals surface area contributed by atoms with E-state index in [0.29, 0.717) is 18.1 Å². The van der Waals surface area contributed by atoms with Crippen LogP contribution in [-0.2, 0) is 11.2 Å². The van der Waals surface area contributed by atoms with E-state index in [-0.39, 0.29) is 5.91 Å². The summed E-state index contributed by atoms with van der Waals surface area (Å²) in [5.74, 6) is 0.992. The van der Waals surface area contributed by atoms with Crippen LogP contribution in [0.3, 0.4) is 0 Å². The summed E-state index contributed by atoms with van der Waals surface area (Å²) in [6.07, 6.45) is 2.19. The number of nitrogens with one attached hydrogen (secondary N) is 2. The number of amides is 1. The highest BCUT2D eigenvalue weighted by molar-refractivity contribution is 5.95. The average Bonchev–Trinajstić information content (AvgIpc) is 3.22. The van der Waals surface area contributed by atoms with Crippen LogP contribution in [0.15, 0.2) is 59.3 Å². The first-order valence-corrected chi connectivity index (χ1v) is 7.94. The summed E-state index contributed by atoms with van der Waals surface area (Å²) in [7, 11) is 0. The van der Waals surface area contributed by atoms with Gasteiger partial charge in [-0.1, -0.05) is 23.4 Å². The molecular weight excluding hydrogens is 316 g/mol. The van der Waals surface area contributed by atoms with Crippen LogP contribution in [0, 0.1) is 6.92 Å². The maximum atomic E-state index is 12.3. The van der Waals surface area contributed by atoms with Crippen LogP contribution in [-0.4, -0.2) is 21.0 Å². The molecule has 0 bridgehead atoms. The molecule has 4 rings (SSSR count). The van der Waals surface area contributed by atoms with Crippen molar-refractivity contribution < 1.29 is 9.32 Å². The summed E-state index contributed by atoms with van der Waals surface area (Å²) in [5.41, 5.74) is 3.55. The lowest BCUT2D eigenvalue weighted by Crippen LogP contribution is -2.14. The Bertz CT molecular complexity index is 1030. The molecule has 1 amide bonds. The smallest absolute Gasteiger partial charge is 0.257 e. The van der Waals surface area contributed by atoms with E-state index in [2.05, 4.69) is 20.4 Å². The number of nitrogens with zero attached hydrogens (tertiary/aromatic N) is 2. The first kappa shape index (κ1) is 15.1. The molecule has 0 spiro atoms. The maximum Gasteiger partial charge on any atom is 0.257 e. The third kappa shape index (κ3) is 3.14. The Morgan fingerprint density at radius 3 is 2.72 bits per heavy atom. The number of para-hydroxylation sites is 1. The van der Waals surface area contributed by atoms with Crippen molar-refractivity contribution in [3.05, 3.63) is 66.1 Å². The maximum absolute atomic E-state index is 12.3. The number of rotatable bonds is 4. The molecule has 0 aliphatic heterocycles. The number of anilines is 1. The Balaban J connectivity index is 1.45. The van der Waals surface area contributed by atoms with Gasteiger partial charge in [0, 0.05) is 28.4 Å². The molecule has 124 valence electrons. The molecule has 0 atom stereocenters. The SMILES string of the molecule is Cc1noc(-c2ccc(NC(=O)Cc3c[nH]c4ccccc34)cc2)n1. The van der Waals surface area contributed by atoms with E-state index < -0.39 is 0 Å². The molecule has 2 aromatic heterocycles. The van der Waals surface area contributed by atoms with E-state index >= 15 is 0 Å². The van der Waals surface area contributed by atoms with Crippen LogP contribution in [0.4, 0.5) is 5.69 Å². The zero-order valence-electron chi connectivity index (χ0n) is 13.6. The van der Waals surface area contributed by atoms with E-state index in [0.717, 1.165) is 27.7 Å². The molecule has 0 saturated heterocycles. The molecule has 6 heteroatoms. The highest BCUT2D eigenvalue weighted by Gasteiger charge is 2.10. The van der Waals surface area contributed by atoms with Gasteiger partial charge in [-0.25, -0.2) is 0 Å². The molecule has 0 fully saturated rings. The number of aromatic nitrogens is 3. The lowest BCUT2D eigenvalue weighted by Gasteiger charge is -2.05. The van der Waals surface area contributed by atoms with Crippen molar-refractivity contribution in [2.45, 2.75) is 13.3 Å². The van der Waals surface area contributed by atoms with Crippen molar-refractivity contribution >= 4 is 22.5 Å². The number of H-pyrrole nitrogens is 1. The van der Waals surface area contributed by atoms with E-state index in [4.69, 9.17) is 4.52 Å². The topological polar surface area (TPSA) is 83.8 Å². The molecule has 2 heterocycles. The number of benzene rings is 2. The molecule has 0 aliphatic rings. The molecule has 4 aromatic rings. The van der Waals surface area contributed by atoms with E-state index in [1.54, 1.807) is 6.92 Å². The molecule has 0 unspecified atom stereocenters. The molecule has 25 heavy (non-hydrogen) atoms. The number of aromatic amines is 1. The van der Waals surface area contributed by atoms with Crippen LogP contribution in [0.25, 0.3) is 22.4 Å². The number of carbonyl (C=O) groups excluding carboxylic acids is 1. The summed E-state index contributed by atoms with van der Waals surface area (Å²) >= 11 is 0. The summed E-state index contributed by atoms with van der Waals surface area (Å²) in [5, 5.41) is 7.75. The fourth-order valence-corrected chi connectivity index (χ4v) is 2.77. The second-order valence-electron chi connectivity index (χ2n) is 5.81. The monoisotopic (exact) mass is 332 g/mol. The first-order chi connectivity index (χ1) is 12.2. The van der Waals surface area contributed by atoms with E-state index in [1.807, 2.05) is 54.7 Å². The molecular formula is C19H16N4O2. The van der Waals surface area contributed by atoms with Gasteiger partial charge in [-0.2, -0.15) is 4.98 Å². The minimum absolute atomic E-state index is 0.0638. The molecule has 2 N–H and O–H groups in total. The Labute approximate surface area is 143 Å². The van der Waals surface area contributed by atoms with Gasteiger partial charge in [-0.15, -0.1) is 0 Å². The van der Waals surface area contributed by atoms with Crippen molar-refractivity contribution in [1.29, 1.82) is 0 Å². The first-order valence-electron chi connectivity index (χ1n) is 7.94. The summed E-state index contributed by atoms with van der Waals surface area (Å²) in [6.45, 7) is 1.77. The van der Waals surface area contributed by atoms with Crippen LogP contribution in [0.1, 0.15) is 11.4 Å². The highest BCUT2D eigenvalue weighted by Crippen LogP contribution is 2.21. The van der Waals surface area contributed by atoms with Crippen LogP contribution >= 0.6 is 0 Å². The summed E-state index contributed by atoms with van der Waals surface area (Å²) in [6, 6.07) is 15.3. The third-order valence-electron chi connectivity index (χ3n) is 3.97. The van der Waals surface area contributed by atoms with E-state index in [1.165, 1.54) is 0 Å². The van der Waals surface area contributed by atoms with Gasteiger partial charge in [0.15, 0.2) is 5.82 Å². The van der Waals surface area contributed by atoms with Gasteiger partial charge in [0.25, 0.3) is 5.89 Å². The zero-order chi connectivity index (χ0) is 17.2.